The summed E-state index contributed by atoms with van der Waals surface area (Å²) in [5, 5.41) is 10.5. The van der Waals surface area contributed by atoms with E-state index in [0.29, 0.717) is 28.9 Å². The molecule has 1 saturated heterocycles. The first-order chi connectivity index (χ1) is 11.4. The normalized spacial score (nSPS) is 21.0. The van der Waals surface area contributed by atoms with Crippen molar-refractivity contribution in [3.05, 3.63) is 40.5 Å². The van der Waals surface area contributed by atoms with Crippen molar-refractivity contribution in [1.29, 1.82) is 0 Å². The van der Waals surface area contributed by atoms with Crippen molar-refractivity contribution < 1.29 is 14.7 Å². The molecule has 0 radical (unpaired) electrons. The van der Waals surface area contributed by atoms with Crippen LogP contribution in [-0.4, -0.2) is 39.5 Å². The highest BCUT2D eigenvalue weighted by Crippen LogP contribution is 2.28. The molecule has 2 atom stereocenters. The maximum absolute atomic E-state index is 13.1. The van der Waals surface area contributed by atoms with Crippen molar-refractivity contribution in [3.63, 3.8) is 0 Å². The highest BCUT2D eigenvalue weighted by molar-refractivity contribution is 6.32. The highest BCUT2D eigenvalue weighted by Gasteiger charge is 2.33. The third-order valence-electron chi connectivity index (χ3n) is 4.62. The van der Waals surface area contributed by atoms with Gasteiger partial charge in [-0.1, -0.05) is 17.7 Å². The molecule has 1 aliphatic heterocycles. The number of benzene rings is 1. The van der Waals surface area contributed by atoms with Crippen LogP contribution in [0.15, 0.2) is 24.3 Å². The van der Waals surface area contributed by atoms with Crippen molar-refractivity contribution in [1.82, 2.24) is 9.88 Å². The molecule has 1 amide bonds. The molecule has 1 aromatic heterocycles. The molecule has 0 saturated carbocycles. The number of amides is 1. The van der Waals surface area contributed by atoms with E-state index in [1.807, 2.05) is 26.0 Å². The number of carbonyl (C=O) groups excluding carboxylic acids is 1. The van der Waals surface area contributed by atoms with Crippen LogP contribution < -0.4 is 0 Å². The van der Waals surface area contributed by atoms with Crippen LogP contribution in [-0.2, 0) is 4.79 Å². The van der Waals surface area contributed by atoms with Crippen LogP contribution in [0.5, 0.6) is 0 Å². The van der Waals surface area contributed by atoms with Crippen LogP contribution in [0.25, 0.3) is 10.9 Å². The number of hydrogen-bond acceptors (Lipinski definition) is 3. The summed E-state index contributed by atoms with van der Waals surface area (Å²) in [6.45, 7) is 4.03. The number of pyridine rings is 1. The second-order valence-electron chi connectivity index (χ2n) is 6.40. The SMILES string of the molecule is Cc1ccc2cc(Cl)cc(C(=O)N3CC(C(=O)O)CCC3C)c2n1. The Kier molecular flexibility index (Phi) is 4.45. The quantitative estimate of drug-likeness (QED) is 0.903. The van der Waals surface area contributed by atoms with Crippen molar-refractivity contribution >= 4 is 34.4 Å². The van der Waals surface area contributed by atoms with E-state index in [1.165, 1.54) is 0 Å². The molecule has 0 spiro atoms. The molecule has 1 N–H and O–H groups in total. The van der Waals surface area contributed by atoms with E-state index in [0.717, 1.165) is 11.1 Å². The third-order valence-corrected chi connectivity index (χ3v) is 4.84. The molecule has 2 heterocycles. The number of halogens is 1. The number of nitrogens with zero attached hydrogens (tertiary/aromatic N) is 2. The fourth-order valence-electron chi connectivity index (χ4n) is 3.21. The van der Waals surface area contributed by atoms with Gasteiger partial charge in [0.25, 0.3) is 5.91 Å². The van der Waals surface area contributed by atoms with Crippen LogP contribution in [0, 0.1) is 12.8 Å². The lowest BCUT2D eigenvalue weighted by Gasteiger charge is -2.36. The monoisotopic (exact) mass is 346 g/mol. The predicted octanol–water partition coefficient (Wildman–Crippen LogP) is 3.52. The van der Waals surface area contributed by atoms with E-state index in [-0.39, 0.29) is 18.5 Å². The highest BCUT2D eigenvalue weighted by atomic mass is 35.5. The average Bonchev–Trinajstić information content (AvgIpc) is 2.54. The molecule has 6 heteroatoms. The Labute approximate surface area is 145 Å². The number of rotatable bonds is 2. The Morgan fingerprint density at radius 2 is 2.04 bits per heavy atom. The fourth-order valence-corrected chi connectivity index (χ4v) is 3.43. The van der Waals surface area contributed by atoms with Crippen molar-refractivity contribution in [2.24, 2.45) is 5.92 Å². The minimum atomic E-state index is -0.857. The summed E-state index contributed by atoms with van der Waals surface area (Å²) in [4.78, 5) is 30.5. The second-order valence-corrected chi connectivity index (χ2v) is 6.83. The van der Waals surface area contributed by atoms with Gasteiger partial charge in [-0.05, 0) is 44.9 Å². The van der Waals surface area contributed by atoms with Crippen LogP contribution >= 0.6 is 11.6 Å². The van der Waals surface area contributed by atoms with Crippen molar-refractivity contribution in [2.45, 2.75) is 32.7 Å². The van der Waals surface area contributed by atoms with Crippen LogP contribution in [0.4, 0.5) is 0 Å². The number of carbonyl (C=O) groups is 2. The third kappa shape index (κ3) is 3.08. The number of fused-ring (bicyclic) bond motifs is 1. The van der Waals surface area contributed by atoms with Crippen LogP contribution in [0.3, 0.4) is 0 Å². The number of carboxylic acids is 1. The summed E-state index contributed by atoms with van der Waals surface area (Å²) in [7, 11) is 0. The smallest absolute Gasteiger partial charge is 0.308 e. The number of hydrogen-bond donors (Lipinski definition) is 1. The summed E-state index contributed by atoms with van der Waals surface area (Å²) < 4.78 is 0. The molecular weight excluding hydrogens is 328 g/mol. The number of aliphatic carboxylic acids is 1. The van der Waals surface area contributed by atoms with Gasteiger partial charge in [0.15, 0.2) is 0 Å². The summed E-state index contributed by atoms with van der Waals surface area (Å²) in [6, 6.07) is 7.15. The zero-order valence-electron chi connectivity index (χ0n) is 13.6. The lowest BCUT2D eigenvalue weighted by molar-refractivity contribution is -0.143. The van der Waals surface area contributed by atoms with Gasteiger partial charge in [-0.25, -0.2) is 0 Å². The van der Waals surface area contributed by atoms with Gasteiger partial charge in [0.05, 0.1) is 17.0 Å². The first-order valence-corrected chi connectivity index (χ1v) is 8.35. The Morgan fingerprint density at radius 3 is 2.75 bits per heavy atom. The average molecular weight is 347 g/mol. The van der Waals surface area contributed by atoms with Gasteiger partial charge in [-0.15, -0.1) is 0 Å². The van der Waals surface area contributed by atoms with Gasteiger partial charge in [-0.2, -0.15) is 0 Å². The molecule has 126 valence electrons. The number of likely N-dealkylation sites (tertiary alicyclic amines) is 1. The van der Waals surface area contributed by atoms with E-state index >= 15 is 0 Å². The van der Waals surface area contributed by atoms with E-state index < -0.39 is 11.9 Å². The maximum Gasteiger partial charge on any atom is 0.308 e. The Hall–Kier alpha value is -2.14. The fraction of sp³-hybridized carbons (Fsp3) is 0.389. The van der Waals surface area contributed by atoms with Gasteiger partial charge in [0, 0.05) is 28.7 Å². The predicted molar refractivity (Wildman–Crippen MR) is 92.3 cm³/mol. The lowest BCUT2D eigenvalue weighted by Crippen LogP contribution is -2.47. The van der Waals surface area contributed by atoms with Crippen LogP contribution in [0.2, 0.25) is 5.02 Å². The molecule has 3 rings (SSSR count). The molecular formula is C18H19ClN2O3. The van der Waals surface area contributed by atoms with Crippen molar-refractivity contribution in [2.75, 3.05) is 6.54 Å². The zero-order valence-corrected chi connectivity index (χ0v) is 14.4. The maximum atomic E-state index is 13.1. The number of aryl methyl sites for hydroxylation is 1. The minimum Gasteiger partial charge on any atom is -0.481 e. The van der Waals surface area contributed by atoms with Crippen molar-refractivity contribution in [3.8, 4) is 0 Å². The summed E-state index contributed by atoms with van der Waals surface area (Å²) in [6.07, 6.45) is 1.27. The zero-order chi connectivity index (χ0) is 17.4. The first kappa shape index (κ1) is 16.7. The van der Waals surface area contributed by atoms with E-state index in [9.17, 15) is 14.7 Å². The molecule has 1 fully saturated rings. The number of aromatic nitrogens is 1. The lowest BCUT2D eigenvalue weighted by atomic mass is 9.92. The Bertz CT molecular complexity index is 821. The Balaban J connectivity index is 2.04. The Morgan fingerprint density at radius 1 is 1.29 bits per heavy atom. The second kappa shape index (κ2) is 6.40. The standard InChI is InChI=1S/C18H19ClN2O3/c1-10-3-5-12-7-14(19)8-15(16(12)20-10)17(22)21-9-13(18(23)24)6-4-11(21)2/h3,5,7-8,11,13H,4,6,9H2,1-2H3,(H,23,24). The number of carboxylic acid groups (broad SMARTS) is 1. The van der Waals surface area contributed by atoms with E-state index in [1.54, 1.807) is 17.0 Å². The molecule has 1 aromatic carbocycles. The van der Waals surface area contributed by atoms with Gasteiger partial charge in [-0.3, -0.25) is 14.6 Å². The first-order valence-electron chi connectivity index (χ1n) is 7.97. The molecule has 5 nitrogen and oxygen atoms in total. The van der Waals surface area contributed by atoms with Gasteiger partial charge >= 0.3 is 5.97 Å². The summed E-state index contributed by atoms with van der Waals surface area (Å²) >= 11 is 6.17. The minimum absolute atomic E-state index is 0.00746. The molecule has 1 aliphatic rings. The van der Waals surface area contributed by atoms with E-state index in [2.05, 4.69) is 4.98 Å². The number of piperidine rings is 1. The molecule has 2 aromatic rings. The summed E-state index contributed by atoms with van der Waals surface area (Å²) in [5.41, 5.74) is 1.85. The topological polar surface area (TPSA) is 70.5 Å². The molecule has 24 heavy (non-hydrogen) atoms. The summed E-state index contributed by atoms with van der Waals surface area (Å²) in [5.74, 6) is -1.59. The van der Waals surface area contributed by atoms with Gasteiger partial charge in [0.2, 0.25) is 0 Å². The molecule has 0 aliphatic carbocycles. The molecule has 2 unspecified atom stereocenters. The largest absolute Gasteiger partial charge is 0.481 e. The van der Waals surface area contributed by atoms with Crippen LogP contribution in [0.1, 0.15) is 35.8 Å². The van der Waals surface area contributed by atoms with Gasteiger partial charge < -0.3 is 10.0 Å². The van der Waals surface area contributed by atoms with Gasteiger partial charge in [0.1, 0.15) is 0 Å². The van der Waals surface area contributed by atoms with E-state index in [4.69, 9.17) is 11.6 Å². The molecule has 0 bridgehead atoms.